The predicted octanol–water partition coefficient (Wildman–Crippen LogP) is 2.19. The van der Waals surface area contributed by atoms with Gasteiger partial charge < -0.3 is 20.2 Å². The van der Waals surface area contributed by atoms with E-state index in [1.165, 1.54) is 29.7 Å². The van der Waals surface area contributed by atoms with Gasteiger partial charge in [0.1, 0.15) is 11.9 Å². The van der Waals surface area contributed by atoms with Crippen LogP contribution >= 0.6 is 11.3 Å². The number of rotatable bonds is 6. The monoisotopic (exact) mass is 335 g/mol. The van der Waals surface area contributed by atoms with Crippen molar-refractivity contribution in [1.29, 1.82) is 0 Å². The molecule has 7 heteroatoms. The van der Waals surface area contributed by atoms with E-state index in [1.54, 1.807) is 23.5 Å². The van der Waals surface area contributed by atoms with E-state index < -0.39 is 6.10 Å². The number of hydrogen-bond acceptors (Lipinski definition) is 5. The Kier molecular flexibility index (Phi) is 5.30. The molecule has 1 aliphatic rings. The Morgan fingerprint density at radius 1 is 1.39 bits per heavy atom. The molecule has 0 aromatic carbocycles. The predicted molar refractivity (Wildman–Crippen MR) is 87.5 cm³/mol. The molecule has 1 atom stereocenters. The molecule has 0 fully saturated rings. The molecule has 0 aliphatic heterocycles. The zero-order valence-corrected chi connectivity index (χ0v) is 13.7. The van der Waals surface area contributed by atoms with Crippen molar-refractivity contribution < 1.29 is 14.3 Å². The van der Waals surface area contributed by atoms with Crippen molar-refractivity contribution in [1.82, 2.24) is 15.6 Å². The van der Waals surface area contributed by atoms with Gasteiger partial charge in [-0.05, 0) is 37.8 Å². The molecule has 6 nitrogen and oxygen atoms in total. The van der Waals surface area contributed by atoms with Gasteiger partial charge in [0.2, 0.25) is 0 Å². The molecule has 2 heterocycles. The van der Waals surface area contributed by atoms with E-state index in [9.17, 15) is 9.90 Å². The molecule has 1 unspecified atom stereocenters. The number of furan rings is 1. The van der Waals surface area contributed by atoms with Crippen molar-refractivity contribution in [2.24, 2.45) is 0 Å². The number of carbonyl (C=O) groups excluding carboxylic acids is 1. The Morgan fingerprint density at radius 2 is 2.26 bits per heavy atom. The summed E-state index contributed by atoms with van der Waals surface area (Å²) in [7, 11) is 0. The van der Waals surface area contributed by atoms with Gasteiger partial charge in [0.15, 0.2) is 0 Å². The van der Waals surface area contributed by atoms with Gasteiger partial charge in [0.05, 0.1) is 23.5 Å². The molecule has 0 bridgehead atoms. The summed E-state index contributed by atoms with van der Waals surface area (Å²) in [4.78, 5) is 17.8. The van der Waals surface area contributed by atoms with Crippen LogP contribution in [0.15, 0.2) is 22.8 Å². The molecule has 3 rings (SSSR count). The van der Waals surface area contributed by atoms with Crippen molar-refractivity contribution in [3.63, 3.8) is 0 Å². The van der Waals surface area contributed by atoms with E-state index >= 15 is 0 Å². The number of carbonyl (C=O) groups is 1. The SMILES string of the molecule is O=C(NCCc1nc2c(s1)CCCC2)NCC(O)c1ccco1. The lowest BCUT2D eigenvalue weighted by Crippen LogP contribution is -2.38. The third-order valence-corrected chi connectivity index (χ3v) is 5.06. The summed E-state index contributed by atoms with van der Waals surface area (Å²) in [5, 5.41) is 16.3. The van der Waals surface area contributed by atoms with Crippen molar-refractivity contribution in [3.05, 3.63) is 39.7 Å². The fraction of sp³-hybridized carbons (Fsp3) is 0.500. The molecule has 2 amide bonds. The van der Waals surface area contributed by atoms with E-state index in [0.29, 0.717) is 12.3 Å². The van der Waals surface area contributed by atoms with Crippen LogP contribution in [-0.4, -0.2) is 29.2 Å². The number of hydrogen-bond donors (Lipinski definition) is 3. The molecule has 3 N–H and O–H groups in total. The third-order valence-electron chi connectivity index (χ3n) is 3.84. The van der Waals surface area contributed by atoms with Gasteiger partial charge in [-0.3, -0.25) is 0 Å². The van der Waals surface area contributed by atoms with Crippen LogP contribution in [-0.2, 0) is 19.3 Å². The maximum atomic E-state index is 11.7. The average molecular weight is 335 g/mol. The lowest BCUT2D eigenvalue weighted by atomic mass is 10.0. The second kappa shape index (κ2) is 7.61. The van der Waals surface area contributed by atoms with Gasteiger partial charge in [0, 0.05) is 17.8 Å². The van der Waals surface area contributed by atoms with Gasteiger partial charge in [-0.1, -0.05) is 0 Å². The summed E-state index contributed by atoms with van der Waals surface area (Å²) >= 11 is 1.77. The minimum atomic E-state index is -0.832. The number of aryl methyl sites for hydroxylation is 2. The highest BCUT2D eigenvalue weighted by Gasteiger charge is 2.15. The second-order valence-corrected chi connectivity index (χ2v) is 6.77. The van der Waals surface area contributed by atoms with Gasteiger partial charge in [-0.15, -0.1) is 11.3 Å². The molecule has 0 radical (unpaired) electrons. The summed E-state index contributed by atoms with van der Waals surface area (Å²) in [5.41, 5.74) is 1.25. The van der Waals surface area contributed by atoms with Gasteiger partial charge in [-0.25, -0.2) is 9.78 Å². The van der Waals surface area contributed by atoms with Crippen LogP contribution < -0.4 is 10.6 Å². The van der Waals surface area contributed by atoms with Crippen LogP contribution in [0.1, 0.15) is 40.3 Å². The fourth-order valence-electron chi connectivity index (χ4n) is 2.63. The van der Waals surface area contributed by atoms with E-state index in [0.717, 1.165) is 24.3 Å². The Hall–Kier alpha value is -1.86. The standard InChI is InChI=1S/C16H21N3O3S/c20-12(13-5-3-9-22-13)10-18-16(21)17-8-7-15-19-11-4-1-2-6-14(11)23-15/h3,5,9,12,20H,1-2,4,6-8,10H2,(H2,17,18,21). The minimum Gasteiger partial charge on any atom is -0.467 e. The molecule has 0 spiro atoms. The number of aliphatic hydroxyl groups is 1. The number of aliphatic hydroxyl groups excluding tert-OH is 1. The highest BCUT2D eigenvalue weighted by atomic mass is 32.1. The largest absolute Gasteiger partial charge is 0.467 e. The molecule has 23 heavy (non-hydrogen) atoms. The molecule has 2 aromatic rings. The van der Waals surface area contributed by atoms with Crippen molar-refractivity contribution in [2.75, 3.05) is 13.1 Å². The highest BCUT2D eigenvalue weighted by molar-refractivity contribution is 7.11. The first-order chi connectivity index (χ1) is 11.2. The molecule has 2 aromatic heterocycles. The summed E-state index contributed by atoms with van der Waals surface area (Å²) in [5.74, 6) is 0.443. The Balaban J connectivity index is 1.37. The smallest absolute Gasteiger partial charge is 0.314 e. The maximum absolute atomic E-state index is 11.7. The van der Waals surface area contributed by atoms with Crippen LogP contribution in [0.25, 0.3) is 0 Å². The van der Waals surface area contributed by atoms with E-state index in [1.807, 2.05) is 0 Å². The number of urea groups is 1. The van der Waals surface area contributed by atoms with Crippen molar-refractivity contribution in [3.8, 4) is 0 Å². The number of nitrogens with zero attached hydrogens (tertiary/aromatic N) is 1. The highest BCUT2D eigenvalue weighted by Crippen LogP contribution is 2.26. The maximum Gasteiger partial charge on any atom is 0.314 e. The third kappa shape index (κ3) is 4.33. The lowest BCUT2D eigenvalue weighted by Gasteiger charge is -2.10. The zero-order chi connectivity index (χ0) is 16.1. The topological polar surface area (TPSA) is 87.4 Å². The quantitative estimate of drug-likeness (QED) is 0.755. The van der Waals surface area contributed by atoms with Crippen molar-refractivity contribution >= 4 is 17.4 Å². The molecule has 1 aliphatic carbocycles. The van der Waals surface area contributed by atoms with E-state index in [4.69, 9.17) is 4.42 Å². The number of aromatic nitrogens is 1. The average Bonchev–Trinajstić information content (AvgIpc) is 3.21. The van der Waals surface area contributed by atoms with Gasteiger partial charge >= 0.3 is 6.03 Å². The molecule has 0 saturated heterocycles. The van der Waals surface area contributed by atoms with Crippen molar-refractivity contribution in [2.45, 2.75) is 38.2 Å². The second-order valence-electron chi connectivity index (χ2n) is 5.60. The normalized spacial score (nSPS) is 15.0. The molecule has 0 saturated carbocycles. The van der Waals surface area contributed by atoms with Crippen LogP contribution in [0.2, 0.25) is 0 Å². The first kappa shape index (κ1) is 16.0. The van der Waals surface area contributed by atoms with E-state index in [2.05, 4.69) is 15.6 Å². The number of thiazole rings is 1. The van der Waals surface area contributed by atoms with Crippen LogP contribution in [0.4, 0.5) is 4.79 Å². The van der Waals surface area contributed by atoms with Crippen LogP contribution in [0, 0.1) is 0 Å². The summed E-state index contributed by atoms with van der Waals surface area (Å²) in [6.45, 7) is 0.653. The van der Waals surface area contributed by atoms with Gasteiger partial charge in [0.25, 0.3) is 0 Å². The first-order valence-corrected chi connectivity index (χ1v) is 8.74. The summed E-state index contributed by atoms with van der Waals surface area (Å²) in [6.07, 6.45) is 6.12. The van der Waals surface area contributed by atoms with Gasteiger partial charge in [-0.2, -0.15) is 0 Å². The lowest BCUT2D eigenvalue weighted by molar-refractivity contribution is 0.148. The van der Waals surface area contributed by atoms with Crippen LogP contribution in [0.3, 0.4) is 0 Å². The summed E-state index contributed by atoms with van der Waals surface area (Å²) in [6, 6.07) is 3.08. The van der Waals surface area contributed by atoms with Crippen LogP contribution in [0.5, 0.6) is 0 Å². The van der Waals surface area contributed by atoms with E-state index in [-0.39, 0.29) is 12.6 Å². The molecular weight excluding hydrogens is 314 g/mol. The molecular formula is C16H21N3O3S. The fourth-order valence-corrected chi connectivity index (χ4v) is 3.78. The Bertz CT molecular complexity index is 616. The number of nitrogens with one attached hydrogen (secondary N) is 2. The number of amides is 2. The molecule has 124 valence electrons. The first-order valence-electron chi connectivity index (χ1n) is 7.93. The summed E-state index contributed by atoms with van der Waals surface area (Å²) < 4.78 is 5.08. The minimum absolute atomic E-state index is 0.116. The Morgan fingerprint density at radius 3 is 3.04 bits per heavy atom. The number of fused-ring (bicyclic) bond motifs is 1. The Labute approximate surface area is 138 Å². The zero-order valence-electron chi connectivity index (χ0n) is 12.9.